The average molecular weight is 377 g/mol. The van der Waals surface area contributed by atoms with Gasteiger partial charge in [0.1, 0.15) is 0 Å². The van der Waals surface area contributed by atoms with Gasteiger partial charge in [-0.1, -0.05) is 12.1 Å². The van der Waals surface area contributed by atoms with E-state index in [9.17, 15) is 4.79 Å². The number of hydrogen-bond donors (Lipinski definition) is 1. The molecule has 128 valence electrons. The normalized spacial score (nSPS) is 10.6. The molecule has 0 atom stereocenters. The first-order valence-corrected chi connectivity index (χ1v) is 10.1. The number of carbonyl (C=O) groups is 1. The highest BCUT2D eigenvalue weighted by Gasteiger charge is 2.07. The van der Waals surface area contributed by atoms with Gasteiger partial charge in [0.05, 0.1) is 0 Å². The van der Waals surface area contributed by atoms with Crippen molar-refractivity contribution in [2.45, 2.75) is 6.54 Å². The first-order valence-electron chi connectivity index (χ1n) is 8.17. The summed E-state index contributed by atoms with van der Waals surface area (Å²) in [7, 11) is 0. The minimum Gasteiger partial charge on any atom is -0.348 e. The molecule has 0 aliphatic carbocycles. The van der Waals surface area contributed by atoms with Crippen LogP contribution in [0.25, 0.3) is 22.3 Å². The molecule has 3 nitrogen and oxygen atoms in total. The molecule has 0 saturated carbocycles. The molecule has 26 heavy (non-hydrogen) atoms. The van der Waals surface area contributed by atoms with Crippen LogP contribution in [0.3, 0.4) is 0 Å². The fourth-order valence-corrected chi connectivity index (χ4v) is 4.03. The lowest BCUT2D eigenvalue weighted by Crippen LogP contribution is -2.22. The Balaban J connectivity index is 1.42. The molecule has 3 aromatic heterocycles. The molecule has 0 bridgehead atoms. The minimum atomic E-state index is -0.0807. The number of aromatic nitrogens is 1. The van der Waals surface area contributed by atoms with Crippen molar-refractivity contribution < 1.29 is 4.79 Å². The van der Waals surface area contributed by atoms with E-state index in [1.165, 1.54) is 5.56 Å². The molecular weight excluding hydrogens is 360 g/mol. The molecule has 0 unspecified atom stereocenters. The van der Waals surface area contributed by atoms with E-state index in [0.29, 0.717) is 12.1 Å². The maximum absolute atomic E-state index is 12.4. The van der Waals surface area contributed by atoms with Crippen LogP contribution in [0.4, 0.5) is 0 Å². The molecular formula is C21H16N2OS2. The summed E-state index contributed by atoms with van der Waals surface area (Å²) < 4.78 is 0. The molecule has 3 heterocycles. The molecule has 1 aromatic carbocycles. The van der Waals surface area contributed by atoms with Crippen LogP contribution >= 0.6 is 22.7 Å². The second-order valence-corrected chi connectivity index (χ2v) is 7.43. The van der Waals surface area contributed by atoms with E-state index in [1.807, 2.05) is 41.2 Å². The largest absolute Gasteiger partial charge is 0.348 e. The van der Waals surface area contributed by atoms with Crippen molar-refractivity contribution in [3.05, 3.63) is 87.5 Å². The number of amides is 1. The van der Waals surface area contributed by atoms with E-state index in [-0.39, 0.29) is 5.91 Å². The number of pyridine rings is 1. The SMILES string of the molecule is O=C(NCc1cncc(-c2ccsc2)c1)c1ccc(-c2ccsc2)cc1. The fourth-order valence-electron chi connectivity index (χ4n) is 2.70. The van der Waals surface area contributed by atoms with Gasteiger partial charge >= 0.3 is 0 Å². The van der Waals surface area contributed by atoms with Gasteiger partial charge in [0.15, 0.2) is 0 Å². The number of rotatable bonds is 5. The molecule has 0 radical (unpaired) electrons. The Morgan fingerprint density at radius 2 is 1.54 bits per heavy atom. The van der Waals surface area contributed by atoms with Crippen molar-refractivity contribution in [1.29, 1.82) is 0 Å². The van der Waals surface area contributed by atoms with Gasteiger partial charge in [-0.05, 0) is 74.1 Å². The predicted octanol–water partition coefficient (Wildman–Crippen LogP) is 5.47. The lowest BCUT2D eigenvalue weighted by molar-refractivity contribution is 0.0951. The molecule has 5 heteroatoms. The van der Waals surface area contributed by atoms with Crippen LogP contribution in [0.1, 0.15) is 15.9 Å². The molecule has 0 aliphatic rings. The topological polar surface area (TPSA) is 42.0 Å². The van der Waals surface area contributed by atoms with Gasteiger partial charge in [-0.15, -0.1) is 0 Å². The van der Waals surface area contributed by atoms with E-state index in [0.717, 1.165) is 22.3 Å². The maximum Gasteiger partial charge on any atom is 0.251 e. The monoisotopic (exact) mass is 376 g/mol. The Bertz CT molecular complexity index is 991. The molecule has 0 fully saturated rings. The summed E-state index contributed by atoms with van der Waals surface area (Å²) >= 11 is 3.33. The number of thiophene rings is 2. The Hall–Kier alpha value is -2.76. The smallest absolute Gasteiger partial charge is 0.251 e. The summed E-state index contributed by atoms with van der Waals surface area (Å²) in [4.78, 5) is 16.7. The lowest BCUT2D eigenvalue weighted by Gasteiger charge is -2.07. The van der Waals surface area contributed by atoms with Crippen LogP contribution in [0.15, 0.2) is 76.4 Å². The highest BCUT2D eigenvalue weighted by molar-refractivity contribution is 7.08. The zero-order valence-corrected chi connectivity index (χ0v) is 15.5. The summed E-state index contributed by atoms with van der Waals surface area (Å²) in [5, 5.41) is 11.3. The Morgan fingerprint density at radius 1 is 0.846 bits per heavy atom. The first-order chi connectivity index (χ1) is 12.8. The van der Waals surface area contributed by atoms with Crippen molar-refractivity contribution in [2.75, 3.05) is 0 Å². The third-order valence-corrected chi connectivity index (χ3v) is 5.47. The zero-order chi connectivity index (χ0) is 17.8. The summed E-state index contributed by atoms with van der Waals surface area (Å²) in [6.07, 6.45) is 3.63. The van der Waals surface area contributed by atoms with E-state index in [1.54, 1.807) is 28.9 Å². The lowest BCUT2D eigenvalue weighted by atomic mass is 10.1. The van der Waals surface area contributed by atoms with Gasteiger partial charge in [0.25, 0.3) is 5.91 Å². The summed E-state index contributed by atoms with van der Waals surface area (Å²) in [5.41, 5.74) is 6.16. The third kappa shape index (κ3) is 3.74. The minimum absolute atomic E-state index is 0.0807. The molecule has 0 spiro atoms. The summed E-state index contributed by atoms with van der Waals surface area (Å²) in [6.45, 7) is 0.454. The fraction of sp³-hybridized carbons (Fsp3) is 0.0476. The molecule has 4 rings (SSSR count). The van der Waals surface area contributed by atoms with E-state index >= 15 is 0 Å². The third-order valence-electron chi connectivity index (χ3n) is 4.10. The van der Waals surface area contributed by atoms with Crippen LogP contribution in [0, 0.1) is 0 Å². The summed E-state index contributed by atoms with van der Waals surface area (Å²) in [6, 6.07) is 13.9. The van der Waals surface area contributed by atoms with Crippen molar-refractivity contribution in [3.8, 4) is 22.3 Å². The second kappa shape index (κ2) is 7.64. The number of hydrogen-bond acceptors (Lipinski definition) is 4. The van der Waals surface area contributed by atoms with Gasteiger partial charge < -0.3 is 5.32 Å². The van der Waals surface area contributed by atoms with Crippen molar-refractivity contribution >= 4 is 28.6 Å². The predicted molar refractivity (Wildman–Crippen MR) is 108 cm³/mol. The number of carbonyl (C=O) groups excluding carboxylic acids is 1. The van der Waals surface area contributed by atoms with Gasteiger partial charge in [0.2, 0.25) is 0 Å². The van der Waals surface area contributed by atoms with Gasteiger partial charge in [0, 0.05) is 30.1 Å². The average Bonchev–Trinajstić information content (AvgIpc) is 3.40. The maximum atomic E-state index is 12.4. The Morgan fingerprint density at radius 3 is 2.19 bits per heavy atom. The highest BCUT2D eigenvalue weighted by atomic mass is 32.1. The molecule has 1 N–H and O–H groups in total. The van der Waals surface area contributed by atoms with Gasteiger partial charge in [-0.25, -0.2) is 0 Å². The summed E-state index contributed by atoms with van der Waals surface area (Å²) in [5.74, 6) is -0.0807. The zero-order valence-electron chi connectivity index (χ0n) is 13.9. The van der Waals surface area contributed by atoms with Crippen molar-refractivity contribution in [3.63, 3.8) is 0 Å². The van der Waals surface area contributed by atoms with Crippen LogP contribution in [0.2, 0.25) is 0 Å². The quantitative estimate of drug-likeness (QED) is 0.502. The van der Waals surface area contributed by atoms with Crippen LogP contribution in [-0.2, 0) is 6.54 Å². The number of nitrogens with one attached hydrogen (secondary N) is 1. The van der Waals surface area contributed by atoms with Crippen LogP contribution in [-0.4, -0.2) is 10.9 Å². The Kier molecular flexibility index (Phi) is 4.91. The van der Waals surface area contributed by atoms with E-state index in [4.69, 9.17) is 0 Å². The van der Waals surface area contributed by atoms with Crippen molar-refractivity contribution in [1.82, 2.24) is 10.3 Å². The standard InChI is InChI=1S/C21H16N2OS2/c24-21(17-3-1-16(2-4-17)18-5-7-25-13-18)23-11-15-9-20(12-22-10-15)19-6-8-26-14-19/h1-10,12-14H,11H2,(H,23,24). The molecule has 1 amide bonds. The molecule has 0 saturated heterocycles. The van der Waals surface area contributed by atoms with E-state index < -0.39 is 0 Å². The number of benzene rings is 1. The van der Waals surface area contributed by atoms with Gasteiger partial charge in [-0.2, -0.15) is 22.7 Å². The van der Waals surface area contributed by atoms with Crippen molar-refractivity contribution in [2.24, 2.45) is 0 Å². The Labute approximate surface area is 160 Å². The van der Waals surface area contributed by atoms with Gasteiger partial charge in [-0.3, -0.25) is 9.78 Å². The molecule has 4 aromatic rings. The highest BCUT2D eigenvalue weighted by Crippen LogP contribution is 2.23. The van der Waals surface area contributed by atoms with Crippen LogP contribution < -0.4 is 5.32 Å². The first kappa shape index (κ1) is 16.7. The second-order valence-electron chi connectivity index (χ2n) is 5.87. The van der Waals surface area contributed by atoms with Crippen LogP contribution in [0.5, 0.6) is 0 Å². The molecule has 0 aliphatic heterocycles. The number of nitrogens with zero attached hydrogens (tertiary/aromatic N) is 1. The van der Waals surface area contributed by atoms with E-state index in [2.05, 4.69) is 39.3 Å².